The van der Waals surface area contributed by atoms with Gasteiger partial charge in [-0.25, -0.2) is 19.4 Å². The van der Waals surface area contributed by atoms with E-state index in [-0.39, 0.29) is 11.9 Å². The van der Waals surface area contributed by atoms with Crippen molar-refractivity contribution in [3.63, 3.8) is 0 Å². The number of fused-ring (bicyclic) bond motifs is 1. The molecule has 5 rings (SSSR count). The Hall–Kier alpha value is -4.67. The third kappa shape index (κ3) is 4.82. The van der Waals surface area contributed by atoms with Crippen molar-refractivity contribution in [2.45, 2.75) is 32.4 Å². The summed E-state index contributed by atoms with van der Waals surface area (Å²) in [6.45, 7) is 3.12. The first-order valence-corrected chi connectivity index (χ1v) is 12.3. The highest BCUT2D eigenvalue weighted by atomic mass is 16.5. The molecule has 11 heteroatoms. The average Bonchev–Trinajstić information content (AvgIpc) is 3.33. The lowest BCUT2D eigenvalue weighted by atomic mass is 10.1. The van der Waals surface area contributed by atoms with E-state index in [1.807, 2.05) is 43.3 Å². The lowest BCUT2D eigenvalue weighted by Gasteiger charge is -2.30. The van der Waals surface area contributed by atoms with Gasteiger partial charge in [-0.05, 0) is 43.0 Å². The van der Waals surface area contributed by atoms with E-state index < -0.39 is 6.09 Å². The molecule has 0 aliphatic carbocycles. The summed E-state index contributed by atoms with van der Waals surface area (Å²) in [6.07, 6.45) is 1.98. The third-order valence-electron chi connectivity index (χ3n) is 6.81. The van der Waals surface area contributed by atoms with E-state index in [1.165, 1.54) is 11.2 Å². The van der Waals surface area contributed by atoms with E-state index in [4.69, 9.17) is 15.6 Å². The average molecular weight is 516 g/mol. The summed E-state index contributed by atoms with van der Waals surface area (Å²) >= 11 is 0. The van der Waals surface area contributed by atoms with Crippen LogP contribution >= 0.6 is 0 Å². The quantitative estimate of drug-likeness (QED) is 0.352. The van der Waals surface area contributed by atoms with Crippen molar-refractivity contribution < 1.29 is 19.4 Å². The van der Waals surface area contributed by atoms with Gasteiger partial charge in [0.05, 0.1) is 24.1 Å². The zero-order valence-corrected chi connectivity index (χ0v) is 21.2. The van der Waals surface area contributed by atoms with Crippen molar-refractivity contribution in [2.75, 3.05) is 25.9 Å². The molecular weight excluding hydrogens is 486 g/mol. The lowest BCUT2D eigenvalue weighted by Crippen LogP contribution is -2.40. The first kappa shape index (κ1) is 25.0. The van der Waals surface area contributed by atoms with Crippen molar-refractivity contribution in [3.8, 4) is 17.0 Å². The van der Waals surface area contributed by atoms with Gasteiger partial charge in [0.2, 0.25) is 0 Å². The number of methoxy groups -OCH3 is 1. The molecule has 38 heavy (non-hydrogen) atoms. The number of hydrogen-bond acceptors (Lipinski definition) is 7. The van der Waals surface area contributed by atoms with Crippen LogP contribution in [0.1, 0.15) is 40.4 Å². The fourth-order valence-corrected chi connectivity index (χ4v) is 4.82. The molecule has 1 fully saturated rings. The van der Waals surface area contributed by atoms with E-state index in [1.54, 1.807) is 17.9 Å². The number of nitrogen functional groups attached to an aromatic ring is 1. The van der Waals surface area contributed by atoms with Gasteiger partial charge >= 0.3 is 6.09 Å². The van der Waals surface area contributed by atoms with E-state index in [0.29, 0.717) is 53.5 Å². The van der Waals surface area contributed by atoms with Crippen molar-refractivity contribution in [1.29, 1.82) is 0 Å². The molecule has 1 aliphatic rings. The Kier molecular flexibility index (Phi) is 6.82. The van der Waals surface area contributed by atoms with Crippen LogP contribution in [0.2, 0.25) is 0 Å². The van der Waals surface area contributed by atoms with Crippen LogP contribution in [0.3, 0.4) is 0 Å². The van der Waals surface area contributed by atoms with Crippen LogP contribution < -0.4 is 15.8 Å². The van der Waals surface area contributed by atoms with Crippen LogP contribution in [0, 0.1) is 6.92 Å². The topological polar surface area (TPSA) is 148 Å². The number of carbonyl (C=O) groups is 2. The number of carbonyl (C=O) groups excluding carboxylic acids is 1. The van der Waals surface area contributed by atoms with Gasteiger partial charge in [0, 0.05) is 25.2 Å². The van der Waals surface area contributed by atoms with Crippen LogP contribution in [0.4, 0.5) is 10.6 Å². The summed E-state index contributed by atoms with van der Waals surface area (Å²) in [4.78, 5) is 34.3. The van der Waals surface area contributed by atoms with Gasteiger partial charge < -0.3 is 25.8 Å². The lowest BCUT2D eigenvalue weighted by molar-refractivity contribution is 0.0947. The largest absolute Gasteiger partial charge is 0.496 e. The van der Waals surface area contributed by atoms with E-state index >= 15 is 0 Å². The second kappa shape index (κ2) is 10.4. The Labute approximate surface area is 219 Å². The van der Waals surface area contributed by atoms with E-state index in [0.717, 1.165) is 29.5 Å². The molecule has 0 unspecified atom stereocenters. The standard InChI is InChI=1S/C27H29N7O4/c1-16-5-10-20(21(12-16)38-2)26(35)29-13-17-6-8-18(9-7-17)23-22-24(28)30-15-31-25(22)34(32-23)19-4-3-11-33(14-19)27(36)37/h5-10,12,15,19H,3-4,11,13-14H2,1-2H3,(H,29,35)(H,36,37)(H2,28,30,31)/t19-/m1/s1. The van der Waals surface area contributed by atoms with E-state index in [2.05, 4.69) is 15.3 Å². The van der Waals surface area contributed by atoms with Crippen molar-refractivity contribution in [1.82, 2.24) is 30.0 Å². The van der Waals surface area contributed by atoms with Gasteiger partial charge in [-0.2, -0.15) is 5.10 Å². The van der Waals surface area contributed by atoms with Crippen LogP contribution in [0.15, 0.2) is 48.8 Å². The summed E-state index contributed by atoms with van der Waals surface area (Å²) < 4.78 is 7.13. The number of piperidine rings is 1. The summed E-state index contributed by atoms with van der Waals surface area (Å²) in [6, 6.07) is 13.0. The summed E-state index contributed by atoms with van der Waals surface area (Å²) in [7, 11) is 1.55. The first-order chi connectivity index (χ1) is 18.4. The van der Waals surface area contributed by atoms with Crippen LogP contribution in [0.25, 0.3) is 22.3 Å². The fourth-order valence-electron chi connectivity index (χ4n) is 4.82. The smallest absolute Gasteiger partial charge is 0.407 e. The van der Waals surface area contributed by atoms with Crippen molar-refractivity contribution in [3.05, 3.63) is 65.5 Å². The molecule has 2 aromatic heterocycles. The molecule has 2 aromatic carbocycles. The molecule has 0 spiro atoms. The number of carboxylic acid groups (broad SMARTS) is 1. The molecule has 1 aliphatic heterocycles. The first-order valence-electron chi connectivity index (χ1n) is 12.3. The van der Waals surface area contributed by atoms with Gasteiger partial charge in [-0.15, -0.1) is 0 Å². The second-order valence-corrected chi connectivity index (χ2v) is 9.36. The number of nitrogens with zero attached hydrogens (tertiary/aromatic N) is 5. The van der Waals surface area contributed by atoms with Gasteiger partial charge in [0.15, 0.2) is 5.65 Å². The van der Waals surface area contributed by atoms with Crippen molar-refractivity contribution >= 4 is 28.9 Å². The number of anilines is 1. The minimum absolute atomic E-state index is 0.154. The maximum Gasteiger partial charge on any atom is 0.407 e. The Morgan fingerprint density at radius 3 is 2.71 bits per heavy atom. The number of likely N-dealkylation sites (tertiary alicyclic amines) is 1. The number of aromatic nitrogens is 4. The summed E-state index contributed by atoms with van der Waals surface area (Å²) in [5.74, 6) is 0.624. The zero-order valence-electron chi connectivity index (χ0n) is 21.2. The number of hydrogen-bond donors (Lipinski definition) is 3. The molecular formula is C27H29N7O4. The van der Waals surface area contributed by atoms with E-state index in [9.17, 15) is 14.7 Å². The molecule has 3 heterocycles. The number of nitrogens with one attached hydrogen (secondary N) is 1. The minimum atomic E-state index is -0.941. The molecule has 0 radical (unpaired) electrons. The number of amides is 2. The molecule has 1 saturated heterocycles. The maximum atomic E-state index is 12.7. The van der Waals surface area contributed by atoms with Gasteiger partial charge in [-0.1, -0.05) is 30.3 Å². The van der Waals surface area contributed by atoms with Gasteiger partial charge in [0.25, 0.3) is 5.91 Å². The molecule has 11 nitrogen and oxygen atoms in total. The normalized spacial score (nSPS) is 15.4. The maximum absolute atomic E-state index is 12.7. The van der Waals surface area contributed by atoms with Crippen LogP contribution in [-0.2, 0) is 6.54 Å². The third-order valence-corrected chi connectivity index (χ3v) is 6.81. The second-order valence-electron chi connectivity index (χ2n) is 9.36. The van der Waals surface area contributed by atoms with Crippen molar-refractivity contribution in [2.24, 2.45) is 0 Å². The van der Waals surface area contributed by atoms with Gasteiger partial charge in [-0.3, -0.25) is 4.79 Å². The number of rotatable bonds is 6. The Balaban J connectivity index is 1.38. The summed E-state index contributed by atoms with van der Waals surface area (Å²) in [5.41, 5.74) is 10.7. The number of benzene rings is 2. The highest BCUT2D eigenvalue weighted by molar-refractivity contribution is 5.98. The molecule has 4 N–H and O–H groups in total. The molecule has 1 atom stereocenters. The molecule has 0 saturated carbocycles. The SMILES string of the molecule is COc1cc(C)ccc1C(=O)NCc1ccc(-c2nn([C@@H]3CCCN(C(=O)O)C3)c3ncnc(N)c23)cc1. The predicted molar refractivity (Wildman–Crippen MR) is 142 cm³/mol. The highest BCUT2D eigenvalue weighted by Crippen LogP contribution is 2.34. The molecule has 196 valence electrons. The predicted octanol–water partition coefficient (Wildman–Crippen LogP) is 3.64. The molecule has 2 amide bonds. The molecule has 0 bridgehead atoms. The monoisotopic (exact) mass is 515 g/mol. The zero-order chi connectivity index (χ0) is 26.8. The summed E-state index contributed by atoms with van der Waals surface area (Å²) in [5, 5.41) is 17.9. The van der Waals surface area contributed by atoms with Crippen LogP contribution in [-0.4, -0.2) is 62.0 Å². The molecule has 4 aromatic rings. The highest BCUT2D eigenvalue weighted by Gasteiger charge is 2.28. The van der Waals surface area contributed by atoms with Crippen LogP contribution in [0.5, 0.6) is 5.75 Å². The number of nitrogens with two attached hydrogens (primary N) is 1. The Morgan fingerprint density at radius 2 is 1.97 bits per heavy atom. The fraction of sp³-hybridized carbons (Fsp3) is 0.296. The Morgan fingerprint density at radius 1 is 1.18 bits per heavy atom. The number of ether oxygens (including phenoxy) is 1. The van der Waals surface area contributed by atoms with Gasteiger partial charge in [0.1, 0.15) is 23.6 Å². The minimum Gasteiger partial charge on any atom is -0.496 e. The number of aryl methyl sites for hydroxylation is 1. The Bertz CT molecular complexity index is 1500.